The maximum Gasteiger partial charge on any atom is 0.307 e. The van der Waals surface area contributed by atoms with Gasteiger partial charge in [-0.2, -0.15) is 0 Å². The molecule has 0 saturated carbocycles. The number of ether oxygens (including phenoxy) is 1. The van der Waals surface area contributed by atoms with Crippen molar-refractivity contribution in [1.82, 2.24) is 4.90 Å². The lowest BCUT2D eigenvalue weighted by Crippen LogP contribution is -2.40. The SMILES string of the molecule is CCOC(=O)CC(CC)N1CCCCC1. The van der Waals surface area contributed by atoms with Gasteiger partial charge in [0.05, 0.1) is 13.0 Å². The van der Waals surface area contributed by atoms with Gasteiger partial charge >= 0.3 is 5.97 Å². The van der Waals surface area contributed by atoms with Gasteiger partial charge < -0.3 is 4.74 Å². The predicted octanol–water partition coefficient (Wildman–Crippen LogP) is 2.20. The molecule has 1 aliphatic rings. The van der Waals surface area contributed by atoms with Gasteiger partial charge in [-0.3, -0.25) is 9.69 Å². The zero-order valence-corrected chi connectivity index (χ0v) is 10.00. The molecule has 0 bridgehead atoms. The zero-order chi connectivity index (χ0) is 11.1. The average molecular weight is 213 g/mol. The summed E-state index contributed by atoms with van der Waals surface area (Å²) in [7, 11) is 0. The predicted molar refractivity (Wildman–Crippen MR) is 60.8 cm³/mol. The van der Waals surface area contributed by atoms with E-state index in [4.69, 9.17) is 4.74 Å². The number of carbonyl (C=O) groups excluding carboxylic acids is 1. The van der Waals surface area contributed by atoms with Gasteiger partial charge in [-0.05, 0) is 39.3 Å². The first-order valence-corrected chi connectivity index (χ1v) is 6.17. The molecule has 0 aromatic carbocycles. The minimum absolute atomic E-state index is 0.0464. The highest BCUT2D eigenvalue weighted by atomic mass is 16.5. The van der Waals surface area contributed by atoms with Gasteiger partial charge in [0, 0.05) is 6.04 Å². The molecule has 0 spiro atoms. The number of rotatable bonds is 5. The fourth-order valence-corrected chi connectivity index (χ4v) is 2.23. The van der Waals surface area contributed by atoms with Crippen molar-refractivity contribution in [3.05, 3.63) is 0 Å². The van der Waals surface area contributed by atoms with E-state index < -0.39 is 0 Å². The lowest BCUT2D eigenvalue weighted by molar-refractivity contribution is -0.144. The molecule has 0 aliphatic carbocycles. The Morgan fingerprint density at radius 3 is 2.47 bits per heavy atom. The van der Waals surface area contributed by atoms with Crippen LogP contribution in [0.15, 0.2) is 0 Å². The first-order chi connectivity index (χ1) is 7.27. The smallest absolute Gasteiger partial charge is 0.307 e. The first-order valence-electron chi connectivity index (χ1n) is 6.17. The average Bonchev–Trinajstić information content (AvgIpc) is 2.27. The van der Waals surface area contributed by atoms with E-state index in [0.717, 1.165) is 19.5 Å². The molecular weight excluding hydrogens is 190 g/mol. The van der Waals surface area contributed by atoms with E-state index in [-0.39, 0.29) is 5.97 Å². The summed E-state index contributed by atoms with van der Waals surface area (Å²) in [5.41, 5.74) is 0. The van der Waals surface area contributed by atoms with Crippen molar-refractivity contribution in [2.75, 3.05) is 19.7 Å². The Labute approximate surface area is 92.8 Å². The Hall–Kier alpha value is -0.570. The molecule has 1 saturated heterocycles. The molecule has 0 radical (unpaired) electrons. The minimum atomic E-state index is -0.0464. The summed E-state index contributed by atoms with van der Waals surface area (Å²) in [6, 6.07) is 0.393. The van der Waals surface area contributed by atoms with Crippen LogP contribution >= 0.6 is 0 Å². The van der Waals surface area contributed by atoms with Crippen molar-refractivity contribution in [2.45, 2.75) is 52.0 Å². The van der Waals surface area contributed by atoms with Crippen LogP contribution in [0.1, 0.15) is 46.0 Å². The van der Waals surface area contributed by atoms with Gasteiger partial charge in [0.2, 0.25) is 0 Å². The number of likely N-dealkylation sites (tertiary alicyclic amines) is 1. The van der Waals surface area contributed by atoms with Crippen molar-refractivity contribution in [1.29, 1.82) is 0 Å². The molecule has 0 N–H and O–H groups in total. The molecule has 0 aromatic rings. The van der Waals surface area contributed by atoms with E-state index in [1.54, 1.807) is 0 Å². The lowest BCUT2D eigenvalue weighted by Gasteiger charge is -2.33. The lowest BCUT2D eigenvalue weighted by atomic mass is 10.0. The standard InChI is InChI=1S/C12H23NO2/c1-3-11(10-12(14)15-4-2)13-8-6-5-7-9-13/h11H,3-10H2,1-2H3. The zero-order valence-electron chi connectivity index (χ0n) is 10.00. The van der Waals surface area contributed by atoms with Crippen molar-refractivity contribution >= 4 is 5.97 Å². The van der Waals surface area contributed by atoms with Gasteiger partial charge in [0.25, 0.3) is 0 Å². The van der Waals surface area contributed by atoms with Crippen molar-refractivity contribution in [2.24, 2.45) is 0 Å². The van der Waals surface area contributed by atoms with Gasteiger partial charge in [0.1, 0.15) is 0 Å². The molecule has 1 aliphatic heterocycles. The van der Waals surface area contributed by atoms with Gasteiger partial charge in [-0.25, -0.2) is 0 Å². The molecule has 1 unspecified atom stereocenters. The van der Waals surface area contributed by atoms with Crippen LogP contribution in [0.4, 0.5) is 0 Å². The number of carbonyl (C=O) groups is 1. The highest BCUT2D eigenvalue weighted by molar-refractivity contribution is 5.70. The van der Waals surface area contributed by atoms with Gasteiger partial charge in [0.15, 0.2) is 0 Å². The third-order valence-corrected chi connectivity index (χ3v) is 3.09. The van der Waals surface area contributed by atoms with Crippen molar-refractivity contribution in [3.8, 4) is 0 Å². The maximum atomic E-state index is 11.4. The fourth-order valence-electron chi connectivity index (χ4n) is 2.23. The normalized spacial score (nSPS) is 19.9. The van der Waals surface area contributed by atoms with E-state index in [0.29, 0.717) is 19.1 Å². The Balaban J connectivity index is 2.36. The third kappa shape index (κ3) is 4.20. The Morgan fingerprint density at radius 2 is 1.93 bits per heavy atom. The molecule has 1 heterocycles. The van der Waals surface area contributed by atoms with Gasteiger partial charge in [-0.1, -0.05) is 13.3 Å². The minimum Gasteiger partial charge on any atom is -0.466 e. The highest BCUT2D eigenvalue weighted by Crippen LogP contribution is 2.16. The molecule has 3 nitrogen and oxygen atoms in total. The summed E-state index contributed by atoms with van der Waals surface area (Å²) in [4.78, 5) is 13.9. The van der Waals surface area contributed by atoms with Crippen LogP contribution in [0, 0.1) is 0 Å². The number of hydrogen-bond donors (Lipinski definition) is 0. The summed E-state index contributed by atoms with van der Waals surface area (Å²) >= 11 is 0. The monoisotopic (exact) mass is 213 g/mol. The number of esters is 1. The summed E-state index contributed by atoms with van der Waals surface area (Å²) < 4.78 is 5.00. The Kier molecular flexibility index (Phi) is 5.69. The molecule has 1 atom stereocenters. The van der Waals surface area contributed by atoms with Crippen LogP contribution < -0.4 is 0 Å². The molecule has 1 rings (SSSR count). The molecular formula is C12H23NO2. The molecule has 1 fully saturated rings. The largest absolute Gasteiger partial charge is 0.466 e. The second kappa shape index (κ2) is 6.83. The van der Waals surface area contributed by atoms with Crippen LogP contribution in [0.2, 0.25) is 0 Å². The van der Waals surface area contributed by atoms with E-state index in [1.807, 2.05) is 6.92 Å². The molecule has 88 valence electrons. The summed E-state index contributed by atoms with van der Waals surface area (Å²) in [6.45, 7) is 6.81. The Morgan fingerprint density at radius 1 is 1.27 bits per heavy atom. The number of nitrogens with zero attached hydrogens (tertiary/aromatic N) is 1. The van der Waals surface area contributed by atoms with E-state index >= 15 is 0 Å². The van der Waals surface area contributed by atoms with E-state index in [9.17, 15) is 4.79 Å². The number of piperidine rings is 1. The van der Waals surface area contributed by atoms with Crippen LogP contribution in [0.25, 0.3) is 0 Å². The molecule has 3 heteroatoms. The number of hydrogen-bond acceptors (Lipinski definition) is 3. The van der Waals surface area contributed by atoms with Crippen LogP contribution in [0.3, 0.4) is 0 Å². The summed E-state index contributed by atoms with van der Waals surface area (Å²) in [5, 5.41) is 0. The fraction of sp³-hybridized carbons (Fsp3) is 0.917. The second-order valence-corrected chi connectivity index (χ2v) is 4.17. The van der Waals surface area contributed by atoms with Crippen LogP contribution in [-0.2, 0) is 9.53 Å². The topological polar surface area (TPSA) is 29.5 Å². The Bertz CT molecular complexity index is 188. The maximum absolute atomic E-state index is 11.4. The second-order valence-electron chi connectivity index (χ2n) is 4.17. The third-order valence-electron chi connectivity index (χ3n) is 3.09. The molecule has 15 heavy (non-hydrogen) atoms. The van der Waals surface area contributed by atoms with E-state index in [1.165, 1.54) is 19.3 Å². The van der Waals surface area contributed by atoms with Crippen LogP contribution in [-0.4, -0.2) is 36.6 Å². The summed E-state index contributed by atoms with van der Waals surface area (Å²) in [5.74, 6) is -0.0464. The molecule has 0 aromatic heterocycles. The summed E-state index contributed by atoms with van der Waals surface area (Å²) in [6.07, 6.45) is 5.49. The molecule has 0 amide bonds. The first kappa shape index (κ1) is 12.5. The van der Waals surface area contributed by atoms with Crippen LogP contribution in [0.5, 0.6) is 0 Å². The van der Waals surface area contributed by atoms with Crippen molar-refractivity contribution in [3.63, 3.8) is 0 Å². The highest BCUT2D eigenvalue weighted by Gasteiger charge is 2.21. The van der Waals surface area contributed by atoms with Gasteiger partial charge in [-0.15, -0.1) is 0 Å². The quantitative estimate of drug-likeness (QED) is 0.656. The van der Waals surface area contributed by atoms with Crippen molar-refractivity contribution < 1.29 is 9.53 Å². The van der Waals surface area contributed by atoms with E-state index in [2.05, 4.69) is 11.8 Å².